The molecule has 2 nitrogen and oxygen atoms in total. The van der Waals surface area contributed by atoms with Gasteiger partial charge in [-0.2, -0.15) is 0 Å². The predicted molar refractivity (Wildman–Crippen MR) is 341 cm³/mol. The molecule has 392 valence electrons. The molecule has 78 heavy (non-hydrogen) atoms. The number of fused-ring (bicyclic) bond motifs is 4. The third-order valence-electron chi connectivity index (χ3n) is 16.5. The molecule has 0 fully saturated rings. The van der Waals surface area contributed by atoms with E-state index in [4.69, 9.17) is 4.11 Å². The molecule has 2 heterocycles. The van der Waals surface area contributed by atoms with Gasteiger partial charge in [-0.3, -0.25) is 0 Å². The smallest absolute Gasteiger partial charge is 0.252 e. The van der Waals surface area contributed by atoms with Crippen molar-refractivity contribution < 1.29 is 6.85 Å². The fourth-order valence-corrected chi connectivity index (χ4v) is 12.0. The fourth-order valence-electron chi connectivity index (χ4n) is 12.0. The minimum absolute atomic E-state index is 0.0582. The molecule has 0 N–H and O–H groups in total. The quantitative estimate of drug-likeness (QED) is 0.133. The molecule has 0 amide bonds. The van der Waals surface area contributed by atoms with Gasteiger partial charge in [0.25, 0.3) is 6.71 Å². The van der Waals surface area contributed by atoms with Gasteiger partial charge in [-0.15, -0.1) is 0 Å². The first-order chi connectivity index (χ1) is 39.1. The third-order valence-corrected chi connectivity index (χ3v) is 16.5. The number of nitrogens with zero attached hydrogens (tertiary/aromatic N) is 2. The Morgan fingerprint density at radius 1 is 0.385 bits per heavy atom. The molecule has 9 aromatic carbocycles. The summed E-state index contributed by atoms with van der Waals surface area (Å²) in [6, 6.07) is 56.8. The maximum absolute atomic E-state index is 9.53. The van der Waals surface area contributed by atoms with Crippen LogP contribution in [-0.4, -0.2) is 6.71 Å². The summed E-state index contributed by atoms with van der Waals surface area (Å²) in [4.78, 5) is 4.78. The van der Waals surface area contributed by atoms with Gasteiger partial charge in [0.2, 0.25) is 0 Å². The lowest BCUT2D eigenvalue weighted by atomic mass is 9.33. The molecule has 0 unspecified atom stereocenters. The van der Waals surface area contributed by atoms with Crippen LogP contribution in [0, 0.1) is 0 Å². The van der Waals surface area contributed by atoms with Crippen molar-refractivity contribution in [3.05, 3.63) is 221 Å². The van der Waals surface area contributed by atoms with Gasteiger partial charge in [-0.1, -0.05) is 249 Å². The van der Waals surface area contributed by atoms with Gasteiger partial charge in [0.05, 0.1) is 12.5 Å². The first kappa shape index (κ1) is 46.7. The van der Waals surface area contributed by atoms with Crippen molar-refractivity contribution in [1.82, 2.24) is 0 Å². The predicted octanol–water partition coefficient (Wildman–Crippen LogP) is 19.7. The second kappa shape index (κ2) is 19.8. The lowest BCUT2D eigenvalue weighted by molar-refractivity contribution is 0.569. The number of hydrogen-bond acceptors (Lipinski definition) is 2. The van der Waals surface area contributed by atoms with E-state index in [0.717, 1.165) is 56.3 Å². The first-order valence-corrected chi connectivity index (χ1v) is 28.4. The molecule has 0 saturated heterocycles. The summed E-state index contributed by atoms with van der Waals surface area (Å²) in [5, 5.41) is 0. The topological polar surface area (TPSA) is 6.48 Å². The first-order valence-electron chi connectivity index (χ1n) is 30.9. The van der Waals surface area contributed by atoms with Crippen molar-refractivity contribution in [1.29, 1.82) is 0 Å². The van der Waals surface area contributed by atoms with Crippen molar-refractivity contribution in [3.8, 4) is 44.5 Å². The molecule has 0 spiro atoms. The van der Waals surface area contributed by atoms with Gasteiger partial charge in [0.15, 0.2) is 0 Å². The SMILES string of the molecule is [2H]c1c([2H])c([2H])c(-c2cc3c4c(c2)N(c2ccccc2-c2ccccc2)c2ccc(C(C)(C)C)cc2B4c2cc(-c4c(C(C)C)cc(C(C)C)cc4C(C)C)ccc2N3c2ccc(-c3cc(C(C)(C)C)cc(C(C)(C)C)c3)cc2)c([2H])c1[2H]. The van der Waals surface area contributed by atoms with E-state index in [9.17, 15) is 2.74 Å². The largest absolute Gasteiger partial charge is 0.311 e. The molecule has 0 atom stereocenters. The van der Waals surface area contributed by atoms with Gasteiger partial charge in [-0.05, 0) is 165 Å². The number of benzene rings is 9. The van der Waals surface area contributed by atoms with Gasteiger partial charge in [0.1, 0.15) is 0 Å². The van der Waals surface area contributed by atoms with E-state index >= 15 is 0 Å². The molecule has 0 aromatic heterocycles. The van der Waals surface area contributed by atoms with E-state index < -0.39 is 6.04 Å². The maximum atomic E-state index is 9.53. The van der Waals surface area contributed by atoms with Crippen LogP contribution in [0.2, 0.25) is 0 Å². The highest BCUT2D eigenvalue weighted by Gasteiger charge is 2.45. The molecule has 11 rings (SSSR count). The Hall–Kier alpha value is -7.36. The average molecular weight is 1020 g/mol. The van der Waals surface area contributed by atoms with E-state index in [1.807, 2.05) is 6.07 Å². The zero-order chi connectivity index (χ0) is 59.5. The van der Waals surface area contributed by atoms with Crippen LogP contribution < -0.4 is 26.2 Å². The summed E-state index contributed by atoms with van der Waals surface area (Å²) in [6.07, 6.45) is 0. The average Bonchev–Trinajstić information content (AvgIpc) is 3.45. The fraction of sp³-hybridized carbons (Fsp3) is 0.280. The Bertz CT molecular complexity index is 3930. The summed E-state index contributed by atoms with van der Waals surface area (Å²) < 4.78 is 45.8. The highest BCUT2D eigenvalue weighted by molar-refractivity contribution is 7.00. The van der Waals surface area contributed by atoms with Crippen LogP contribution in [0.25, 0.3) is 44.5 Å². The number of hydrogen-bond donors (Lipinski definition) is 0. The van der Waals surface area contributed by atoms with Crippen LogP contribution in [0.3, 0.4) is 0 Å². The second-order valence-corrected chi connectivity index (χ2v) is 26.1. The Morgan fingerprint density at radius 3 is 1.50 bits per heavy atom. The number of anilines is 6. The summed E-state index contributed by atoms with van der Waals surface area (Å²) in [5.74, 6) is 0.913. The molecular weight excluding hydrogens is 940 g/mol. The molecule has 0 aliphatic carbocycles. The molecule has 9 aromatic rings. The maximum Gasteiger partial charge on any atom is 0.252 e. The van der Waals surface area contributed by atoms with Gasteiger partial charge < -0.3 is 9.80 Å². The summed E-state index contributed by atoms with van der Waals surface area (Å²) in [7, 11) is 0. The van der Waals surface area contributed by atoms with Crippen LogP contribution in [0.5, 0.6) is 0 Å². The second-order valence-electron chi connectivity index (χ2n) is 26.1. The standard InChI is InChI=1S/C75H79BN2/c1-47(2)54-40-62(48(3)4)71(63(41-54)49(5)6)53-32-36-67-64(42-53)76-65-46-57(73(7,8)9)33-37-68(65)78(66-29-23-22-28-61(66)52-26-20-17-21-27-52)70-44-56(50-24-18-16-19-25-50)43-69(72(70)76)77(67)60-34-30-51(31-35-60)55-38-58(74(10,11)12)45-59(39-55)75(13,14)15/h16-49H,1-15H3/i16D,18D,19D,24D,25D. The van der Waals surface area contributed by atoms with Crippen LogP contribution in [0.15, 0.2) is 188 Å². The van der Waals surface area contributed by atoms with E-state index in [1.54, 1.807) is 0 Å². The zero-order valence-corrected chi connectivity index (χ0v) is 48.7. The van der Waals surface area contributed by atoms with Gasteiger partial charge in [-0.25, -0.2) is 0 Å². The van der Waals surface area contributed by atoms with Crippen molar-refractivity contribution in [3.63, 3.8) is 0 Å². The lowest BCUT2D eigenvalue weighted by Gasteiger charge is -2.45. The van der Waals surface area contributed by atoms with Crippen LogP contribution in [0.1, 0.15) is 162 Å². The van der Waals surface area contributed by atoms with Crippen molar-refractivity contribution >= 4 is 57.2 Å². The third kappa shape index (κ3) is 9.52. The molecule has 2 aliphatic heterocycles. The Morgan fingerprint density at radius 2 is 0.910 bits per heavy atom. The summed E-state index contributed by atoms with van der Waals surface area (Å²) in [6.45, 7) is 34.1. The minimum Gasteiger partial charge on any atom is -0.311 e. The normalized spacial score (nSPS) is 14.2. The van der Waals surface area contributed by atoms with Gasteiger partial charge in [0, 0.05) is 34.0 Å². The van der Waals surface area contributed by atoms with Crippen molar-refractivity contribution in [2.45, 2.75) is 138 Å². The molecule has 2 aliphatic rings. The van der Waals surface area contributed by atoms with E-state index in [2.05, 4.69) is 265 Å². The van der Waals surface area contributed by atoms with E-state index in [1.165, 1.54) is 61.0 Å². The lowest BCUT2D eigenvalue weighted by Crippen LogP contribution is -2.61. The van der Waals surface area contributed by atoms with Crippen molar-refractivity contribution in [2.75, 3.05) is 9.80 Å². The Balaban J connectivity index is 1.28. The molecule has 0 radical (unpaired) electrons. The monoisotopic (exact) mass is 1020 g/mol. The van der Waals surface area contributed by atoms with Gasteiger partial charge >= 0.3 is 0 Å². The van der Waals surface area contributed by atoms with E-state index in [-0.39, 0.29) is 64.5 Å². The van der Waals surface area contributed by atoms with E-state index in [0.29, 0.717) is 11.5 Å². The van der Waals surface area contributed by atoms with Crippen molar-refractivity contribution in [2.24, 2.45) is 0 Å². The zero-order valence-electron chi connectivity index (χ0n) is 53.7. The summed E-state index contributed by atoms with van der Waals surface area (Å²) in [5.41, 5.74) is 24.3. The highest BCUT2D eigenvalue weighted by Crippen LogP contribution is 2.50. The molecule has 0 saturated carbocycles. The Labute approximate surface area is 475 Å². The Kier molecular flexibility index (Phi) is 11.9. The molecular formula is C75H79BN2. The number of rotatable bonds is 9. The minimum atomic E-state index is -0.417. The summed E-state index contributed by atoms with van der Waals surface area (Å²) >= 11 is 0. The molecule has 0 bridgehead atoms. The van der Waals surface area contributed by atoms with Crippen LogP contribution >= 0.6 is 0 Å². The molecule has 3 heteroatoms. The number of para-hydroxylation sites is 1. The highest BCUT2D eigenvalue weighted by atomic mass is 15.2. The van der Waals surface area contributed by atoms with Crippen LogP contribution in [-0.2, 0) is 16.2 Å². The van der Waals surface area contributed by atoms with Crippen LogP contribution in [0.4, 0.5) is 34.1 Å².